The number of rotatable bonds is 1. The van der Waals surface area contributed by atoms with Crippen LogP contribution in [0.3, 0.4) is 0 Å². The van der Waals surface area contributed by atoms with Crippen molar-refractivity contribution < 1.29 is 0 Å². The second-order valence-corrected chi connectivity index (χ2v) is 2.27. The van der Waals surface area contributed by atoms with E-state index in [2.05, 4.69) is 13.3 Å². The van der Waals surface area contributed by atoms with E-state index >= 15 is 0 Å². The highest BCUT2D eigenvalue weighted by atomic mass is 14.2. The van der Waals surface area contributed by atoms with Crippen molar-refractivity contribution in [2.24, 2.45) is 5.92 Å². The van der Waals surface area contributed by atoms with Gasteiger partial charge in [0, 0.05) is 0 Å². The lowest BCUT2D eigenvalue weighted by Crippen LogP contribution is -1.87. The molecule has 0 aliphatic heterocycles. The Morgan fingerprint density at radius 1 is 1.29 bits per heavy atom. The summed E-state index contributed by atoms with van der Waals surface area (Å²) in [5.41, 5.74) is 0. The van der Waals surface area contributed by atoms with Gasteiger partial charge in [-0.2, -0.15) is 0 Å². The molecule has 0 bridgehead atoms. The Balaban J connectivity index is 2.14. The van der Waals surface area contributed by atoms with Crippen LogP contribution in [0.5, 0.6) is 0 Å². The lowest BCUT2D eigenvalue weighted by atomic mass is 10.1. The molecule has 1 aliphatic carbocycles. The van der Waals surface area contributed by atoms with Gasteiger partial charge in [-0.1, -0.05) is 19.8 Å². The minimum Gasteiger partial charge on any atom is -0.0583 e. The monoisotopic (exact) mass is 96.1 g/mol. The Morgan fingerprint density at radius 2 is 1.86 bits per heavy atom. The second kappa shape index (κ2) is 2.34. The normalized spacial score (nSPS) is 23.6. The van der Waals surface area contributed by atoms with Gasteiger partial charge in [-0.25, -0.2) is 0 Å². The zero-order valence-electron chi connectivity index (χ0n) is 4.91. The first-order valence-electron chi connectivity index (χ1n) is 3.11. The van der Waals surface area contributed by atoms with E-state index < -0.39 is 0 Å². The Kier molecular flexibility index (Phi) is 1.72. The van der Waals surface area contributed by atoms with E-state index in [0.717, 1.165) is 5.92 Å². The molecule has 0 saturated heterocycles. The number of hydrogen-bond acceptors (Lipinski definition) is 0. The predicted octanol–water partition coefficient (Wildman–Crippen LogP) is 2.28. The van der Waals surface area contributed by atoms with Crippen molar-refractivity contribution in [1.29, 1.82) is 0 Å². The van der Waals surface area contributed by atoms with Crippen LogP contribution in [-0.4, -0.2) is 0 Å². The molecule has 0 N–H and O–H groups in total. The molecule has 0 unspecified atom stereocenters. The summed E-state index contributed by atoms with van der Waals surface area (Å²) in [7, 11) is 0. The first kappa shape index (κ1) is 5.14. The zero-order chi connectivity index (χ0) is 5.11. The van der Waals surface area contributed by atoms with Gasteiger partial charge in [-0.05, 0) is 25.2 Å². The molecule has 1 aliphatic rings. The van der Waals surface area contributed by atoms with E-state index in [4.69, 9.17) is 0 Å². The maximum Gasteiger partial charge on any atom is -0.0173 e. The first-order valence-corrected chi connectivity index (χ1v) is 3.11. The highest BCUT2D eigenvalue weighted by molar-refractivity contribution is 4.76. The van der Waals surface area contributed by atoms with Crippen molar-refractivity contribution in [2.45, 2.75) is 32.6 Å². The minimum absolute atomic E-state index is 0.847. The number of hydrogen-bond donors (Lipinski definition) is 0. The van der Waals surface area contributed by atoms with Crippen LogP contribution < -0.4 is 0 Å². The summed E-state index contributed by atoms with van der Waals surface area (Å²) in [6.45, 7) is 2.05. The fourth-order valence-corrected chi connectivity index (χ4v) is 1.21. The maximum absolute atomic E-state index is 3.26. The lowest BCUT2D eigenvalue weighted by Gasteiger charge is -1.98. The summed E-state index contributed by atoms with van der Waals surface area (Å²) >= 11 is 0. The fraction of sp³-hybridized carbons (Fsp3) is 0.857. The van der Waals surface area contributed by atoms with Crippen LogP contribution >= 0.6 is 0 Å². The van der Waals surface area contributed by atoms with E-state index in [1.165, 1.54) is 25.7 Å². The highest BCUT2D eigenvalue weighted by Gasteiger charge is 2.11. The molecule has 0 heterocycles. The average Bonchev–Trinajstić information content (AvgIpc) is 2.14. The predicted molar refractivity (Wildman–Crippen MR) is 30.9 cm³/mol. The zero-order valence-corrected chi connectivity index (χ0v) is 4.91. The Morgan fingerprint density at radius 3 is 2.14 bits per heavy atom. The molecule has 0 spiro atoms. The van der Waals surface area contributed by atoms with Gasteiger partial charge < -0.3 is 0 Å². The highest BCUT2D eigenvalue weighted by Crippen LogP contribution is 2.25. The summed E-state index contributed by atoms with van der Waals surface area (Å²) in [6.07, 6.45) is 8.93. The van der Waals surface area contributed by atoms with Gasteiger partial charge in [-0.15, -0.1) is 0 Å². The van der Waals surface area contributed by atoms with Crippen LogP contribution in [0.4, 0.5) is 0 Å². The van der Waals surface area contributed by atoms with Gasteiger partial charge in [0.05, 0.1) is 0 Å². The third-order valence-electron chi connectivity index (χ3n) is 1.76. The average molecular weight is 96.2 g/mol. The van der Waals surface area contributed by atoms with Crippen LogP contribution in [0.1, 0.15) is 32.6 Å². The molecule has 40 valence electrons. The summed E-state index contributed by atoms with van der Waals surface area (Å²) < 4.78 is 0. The molecule has 0 heteroatoms. The van der Waals surface area contributed by atoms with Gasteiger partial charge in [0.2, 0.25) is 0 Å². The molecular formula is C7H12. The molecule has 0 aromatic rings. The van der Waals surface area contributed by atoms with Crippen molar-refractivity contribution in [1.82, 2.24) is 0 Å². The van der Waals surface area contributed by atoms with Gasteiger partial charge in [0.1, 0.15) is 0 Å². The first-order chi connectivity index (χ1) is 3.43. The summed E-state index contributed by atoms with van der Waals surface area (Å²) in [5.74, 6) is 0.847. The molecule has 0 atom stereocenters. The quantitative estimate of drug-likeness (QED) is 0.469. The Hall–Kier alpha value is 0. The van der Waals surface area contributed by atoms with Crippen LogP contribution in [0.2, 0.25) is 0 Å². The van der Waals surface area contributed by atoms with Crippen molar-refractivity contribution in [3.63, 3.8) is 0 Å². The van der Waals surface area contributed by atoms with Crippen molar-refractivity contribution in [2.75, 3.05) is 0 Å². The van der Waals surface area contributed by atoms with Gasteiger partial charge in [0.15, 0.2) is 0 Å². The third-order valence-corrected chi connectivity index (χ3v) is 1.76. The van der Waals surface area contributed by atoms with Crippen molar-refractivity contribution >= 4 is 0 Å². The lowest BCUT2D eigenvalue weighted by molar-refractivity contribution is 0.636. The topological polar surface area (TPSA) is 0 Å². The van der Waals surface area contributed by atoms with Gasteiger partial charge in [-0.3, -0.25) is 0 Å². The van der Waals surface area contributed by atoms with E-state index in [9.17, 15) is 0 Å². The maximum atomic E-state index is 3.26. The standard InChI is InChI=1S/C7H12/c1-2-7-5-3-4-6-7/h7H,3-6H2,1H3. The Labute approximate surface area is 45.9 Å². The Bertz CT molecular complexity index is 42.0. The second-order valence-electron chi connectivity index (χ2n) is 2.27. The third kappa shape index (κ3) is 1.19. The van der Waals surface area contributed by atoms with Gasteiger partial charge >= 0.3 is 0 Å². The van der Waals surface area contributed by atoms with E-state index in [1.807, 2.05) is 0 Å². The van der Waals surface area contributed by atoms with Crippen LogP contribution in [0.25, 0.3) is 0 Å². The largest absolute Gasteiger partial charge is 0.0583 e. The summed E-state index contributed by atoms with van der Waals surface area (Å²) in [6, 6.07) is 0. The molecule has 0 aromatic carbocycles. The molecule has 0 aromatic heterocycles. The van der Waals surface area contributed by atoms with Gasteiger partial charge in [0.25, 0.3) is 0 Å². The molecule has 2 radical (unpaired) electrons. The smallest absolute Gasteiger partial charge is 0.0173 e. The summed E-state index contributed by atoms with van der Waals surface area (Å²) in [5, 5.41) is 0. The molecule has 7 heavy (non-hydrogen) atoms. The molecular weight excluding hydrogens is 84.1 g/mol. The fourth-order valence-electron chi connectivity index (χ4n) is 1.21. The van der Waals surface area contributed by atoms with Crippen molar-refractivity contribution in [3.05, 3.63) is 6.42 Å². The van der Waals surface area contributed by atoms with E-state index in [0.29, 0.717) is 0 Å². The van der Waals surface area contributed by atoms with E-state index in [1.54, 1.807) is 0 Å². The molecule has 1 saturated carbocycles. The molecule has 0 nitrogen and oxygen atoms in total. The van der Waals surface area contributed by atoms with Crippen LogP contribution in [0.15, 0.2) is 0 Å². The SMILES string of the molecule is C[C]C1CCCC1. The van der Waals surface area contributed by atoms with Crippen molar-refractivity contribution in [3.8, 4) is 0 Å². The molecule has 1 rings (SSSR count). The minimum atomic E-state index is 0.847. The summed E-state index contributed by atoms with van der Waals surface area (Å²) in [4.78, 5) is 0. The molecule has 1 fully saturated rings. The van der Waals surface area contributed by atoms with E-state index in [-0.39, 0.29) is 0 Å². The van der Waals surface area contributed by atoms with Crippen LogP contribution in [0, 0.1) is 12.3 Å². The molecule has 0 amide bonds. The van der Waals surface area contributed by atoms with Crippen LogP contribution in [-0.2, 0) is 0 Å².